The van der Waals surface area contributed by atoms with Crippen molar-refractivity contribution in [3.05, 3.63) is 59.7 Å². The third kappa shape index (κ3) is 6.86. The van der Waals surface area contributed by atoms with Crippen LogP contribution in [-0.2, 0) is 4.74 Å². The van der Waals surface area contributed by atoms with Gasteiger partial charge in [0.1, 0.15) is 0 Å². The number of hydrogen-bond acceptors (Lipinski definition) is 9. The summed E-state index contributed by atoms with van der Waals surface area (Å²) in [7, 11) is 0. The monoisotopic (exact) mass is 504 g/mol. The van der Waals surface area contributed by atoms with Crippen LogP contribution in [0.25, 0.3) is 0 Å². The maximum absolute atomic E-state index is 11.7. The largest absolute Gasteiger partial charge is 0.378 e. The normalized spacial score (nSPS) is 12.7. The third-order valence-corrected chi connectivity index (χ3v) is 4.97. The number of benzene rings is 2. The highest BCUT2D eigenvalue weighted by Gasteiger charge is 2.17. The van der Waals surface area contributed by atoms with Crippen LogP contribution in [0.3, 0.4) is 0 Å². The number of halogens is 2. The van der Waals surface area contributed by atoms with Gasteiger partial charge in [-0.1, -0.05) is 24.3 Å². The van der Waals surface area contributed by atoms with Crippen molar-refractivity contribution in [1.82, 2.24) is 15.0 Å². The van der Waals surface area contributed by atoms with Crippen LogP contribution in [0.1, 0.15) is 34.6 Å². The van der Waals surface area contributed by atoms with Gasteiger partial charge in [0, 0.05) is 35.6 Å². The van der Waals surface area contributed by atoms with Crippen molar-refractivity contribution in [1.29, 1.82) is 0 Å². The molecule has 0 amide bonds. The Morgan fingerprint density at radius 3 is 1.71 bits per heavy atom. The number of ketones is 2. The van der Waals surface area contributed by atoms with Crippen molar-refractivity contribution in [3.63, 3.8) is 0 Å². The Bertz CT molecular complexity index is 1080. The zero-order valence-electron chi connectivity index (χ0n) is 18.8. The van der Waals surface area contributed by atoms with E-state index < -0.39 is 0 Å². The first-order valence-electron chi connectivity index (χ1n) is 10.3. The van der Waals surface area contributed by atoms with Crippen molar-refractivity contribution in [2.45, 2.75) is 13.8 Å². The number of carbonyl (C=O) groups is 2. The second-order valence-electron chi connectivity index (χ2n) is 7.41. The molecule has 0 aliphatic carbocycles. The Labute approximate surface area is 210 Å². The fraction of sp³-hybridized carbons (Fsp3) is 0.261. The van der Waals surface area contributed by atoms with E-state index in [1.165, 1.54) is 13.8 Å². The highest BCUT2D eigenvalue weighted by molar-refractivity contribution is 5.95. The number of aromatic nitrogens is 3. The molecule has 0 unspecified atom stereocenters. The molecule has 3 aromatic rings. The van der Waals surface area contributed by atoms with Crippen LogP contribution in [0.4, 0.5) is 29.2 Å². The summed E-state index contributed by atoms with van der Waals surface area (Å²) in [5, 5.41) is 6.34. The number of nitrogens with one attached hydrogen (secondary N) is 2. The third-order valence-electron chi connectivity index (χ3n) is 4.97. The van der Waals surface area contributed by atoms with E-state index in [1.54, 1.807) is 36.4 Å². The summed E-state index contributed by atoms with van der Waals surface area (Å²) < 4.78 is 5.44. The summed E-state index contributed by atoms with van der Waals surface area (Å²) in [5.74, 6) is 1.15. The Kier molecular flexibility index (Phi) is 9.73. The van der Waals surface area contributed by atoms with Crippen LogP contribution in [0, 0.1) is 0 Å². The summed E-state index contributed by atoms with van der Waals surface area (Å²) >= 11 is 0. The van der Waals surface area contributed by atoms with Crippen LogP contribution >= 0.6 is 24.8 Å². The number of nitrogens with zero attached hydrogens (tertiary/aromatic N) is 4. The first kappa shape index (κ1) is 27.0. The number of anilines is 5. The van der Waals surface area contributed by atoms with Gasteiger partial charge in [-0.2, -0.15) is 15.0 Å². The van der Waals surface area contributed by atoms with E-state index in [-0.39, 0.29) is 36.4 Å². The fourth-order valence-electron chi connectivity index (χ4n) is 3.27. The number of hydrogen-bond donors (Lipinski definition) is 2. The van der Waals surface area contributed by atoms with E-state index in [2.05, 4.69) is 25.6 Å². The molecule has 0 saturated carbocycles. The molecule has 2 heterocycles. The van der Waals surface area contributed by atoms with Crippen LogP contribution in [0.5, 0.6) is 0 Å². The molecular formula is C23H26Cl2N6O3. The first-order chi connectivity index (χ1) is 15.5. The quantitative estimate of drug-likeness (QED) is 0.450. The molecule has 4 rings (SSSR count). The van der Waals surface area contributed by atoms with Crippen molar-refractivity contribution < 1.29 is 14.3 Å². The summed E-state index contributed by atoms with van der Waals surface area (Å²) in [6, 6.07) is 14.3. The fourth-order valence-corrected chi connectivity index (χ4v) is 3.27. The second kappa shape index (κ2) is 12.3. The molecule has 180 valence electrons. The lowest BCUT2D eigenvalue weighted by Gasteiger charge is -2.27. The van der Waals surface area contributed by atoms with Gasteiger partial charge in [-0.25, -0.2) is 0 Å². The van der Waals surface area contributed by atoms with Gasteiger partial charge >= 0.3 is 0 Å². The number of Topliss-reactive ketones (excluding diaryl/α,β-unsaturated/α-hetero) is 2. The van der Waals surface area contributed by atoms with E-state index in [1.807, 2.05) is 17.0 Å². The maximum atomic E-state index is 11.7. The minimum atomic E-state index is -0.0222. The first-order valence-corrected chi connectivity index (χ1v) is 10.3. The van der Waals surface area contributed by atoms with E-state index in [0.717, 1.165) is 0 Å². The van der Waals surface area contributed by atoms with E-state index >= 15 is 0 Å². The summed E-state index contributed by atoms with van der Waals surface area (Å²) in [6.07, 6.45) is 0. The molecule has 2 N–H and O–H groups in total. The average Bonchev–Trinajstić information content (AvgIpc) is 2.80. The lowest BCUT2D eigenvalue weighted by Crippen LogP contribution is -2.37. The lowest BCUT2D eigenvalue weighted by molar-refractivity contribution is 0.100. The minimum Gasteiger partial charge on any atom is -0.378 e. The molecule has 0 bridgehead atoms. The van der Waals surface area contributed by atoms with Crippen molar-refractivity contribution in [2.24, 2.45) is 0 Å². The van der Waals surface area contributed by atoms with Crippen LogP contribution < -0.4 is 15.5 Å². The van der Waals surface area contributed by atoms with Gasteiger partial charge in [0.2, 0.25) is 17.8 Å². The number of morpholine rings is 1. The Balaban J connectivity index is 0.00000204. The molecule has 1 fully saturated rings. The molecule has 11 heteroatoms. The topological polar surface area (TPSA) is 109 Å². The van der Waals surface area contributed by atoms with Crippen molar-refractivity contribution in [3.8, 4) is 0 Å². The van der Waals surface area contributed by atoms with Crippen molar-refractivity contribution in [2.75, 3.05) is 41.8 Å². The predicted octanol–water partition coefficient (Wildman–Crippen LogP) is 4.44. The van der Waals surface area contributed by atoms with E-state index in [9.17, 15) is 9.59 Å². The van der Waals surface area contributed by atoms with Crippen LogP contribution in [0.15, 0.2) is 48.5 Å². The predicted molar refractivity (Wildman–Crippen MR) is 137 cm³/mol. The molecule has 1 aliphatic rings. The highest BCUT2D eigenvalue weighted by atomic mass is 35.5. The summed E-state index contributed by atoms with van der Waals surface area (Å²) in [6.45, 7) is 5.58. The maximum Gasteiger partial charge on any atom is 0.233 e. The molecular weight excluding hydrogens is 479 g/mol. The van der Waals surface area contributed by atoms with Gasteiger partial charge in [-0.3, -0.25) is 9.59 Å². The molecule has 1 saturated heterocycles. The van der Waals surface area contributed by atoms with Crippen LogP contribution in [0.2, 0.25) is 0 Å². The number of carbonyl (C=O) groups excluding carboxylic acids is 2. The van der Waals surface area contributed by atoms with E-state index in [4.69, 9.17) is 4.74 Å². The Hall–Kier alpha value is -3.27. The van der Waals surface area contributed by atoms with Gasteiger partial charge < -0.3 is 20.3 Å². The molecule has 1 aliphatic heterocycles. The smallest absolute Gasteiger partial charge is 0.233 e. The van der Waals surface area contributed by atoms with Gasteiger partial charge in [0.25, 0.3) is 0 Å². The Morgan fingerprint density at radius 1 is 0.794 bits per heavy atom. The highest BCUT2D eigenvalue weighted by Crippen LogP contribution is 2.22. The van der Waals surface area contributed by atoms with Gasteiger partial charge in [-0.15, -0.1) is 24.8 Å². The molecule has 2 aromatic carbocycles. The molecule has 1 aromatic heterocycles. The molecule has 0 atom stereocenters. The zero-order valence-corrected chi connectivity index (χ0v) is 20.4. The average molecular weight is 505 g/mol. The molecule has 9 nitrogen and oxygen atoms in total. The van der Waals surface area contributed by atoms with Crippen LogP contribution in [-0.4, -0.2) is 52.8 Å². The second-order valence-corrected chi connectivity index (χ2v) is 7.41. The standard InChI is InChI=1S/C23H24N6O3.2ClH/c1-15(30)17-5-3-7-19(13-17)24-21-26-22(25-20-8-4-6-18(14-20)16(2)31)28-23(27-21)29-9-11-32-12-10-29;;/h3-8,13-14H,9-12H2,1-2H3,(H2,24,25,26,27,28);2*1H. The van der Waals surface area contributed by atoms with Gasteiger partial charge in [-0.05, 0) is 38.1 Å². The van der Waals surface area contributed by atoms with E-state index in [0.29, 0.717) is 66.6 Å². The van der Waals surface area contributed by atoms with Gasteiger partial charge in [0.05, 0.1) is 13.2 Å². The van der Waals surface area contributed by atoms with Crippen molar-refractivity contribution >= 4 is 65.6 Å². The molecule has 0 radical (unpaired) electrons. The summed E-state index contributed by atoms with van der Waals surface area (Å²) in [5.41, 5.74) is 2.58. The Morgan fingerprint density at radius 2 is 1.26 bits per heavy atom. The van der Waals surface area contributed by atoms with Gasteiger partial charge in [0.15, 0.2) is 11.6 Å². The SMILES string of the molecule is CC(=O)c1cccc(Nc2nc(Nc3cccc(C(C)=O)c3)nc(N3CCOCC3)n2)c1.Cl.Cl. The summed E-state index contributed by atoms with van der Waals surface area (Å²) in [4.78, 5) is 39.1. The molecule has 0 spiro atoms. The molecule has 34 heavy (non-hydrogen) atoms. The minimum absolute atomic E-state index is 0. The number of ether oxygens (including phenoxy) is 1. The number of rotatable bonds is 7. The zero-order chi connectivity index (χ0) is 22.5. The lowest BCUT2D eigenvalue weighted by atomic mass is 10.1.